The SMILES string of the molecule is COC(OC)C(C)NC1CCC(C)C1C. The molecular formula is C12H25NO2. The molecule has 0 aliphatic heterocycles. The third-order valence-electron chi connectivity index (χ3n) is 3.82. The van der Waals surface area contributed by atoms with Crippen LogP contribution in [-0.4, -0.2) is 32.6 Å². The van der Waals surface area contributed by atoms with Gasteiger partial charge in [-0.15, -0.1) is 0 Å². The van der Waals surface area contributed by atoms with Gasteiger partial charge in [0.05, 0.1) is 6.04 Å². The Kier molecular flexibility index (Phi) is 5.03. The molecule has 1 aliphatic rings. The van der Waals surface area contributed by atoms with E-state index in [-0.39, 0.29) is 12.3 Å². The normalized spacial score (nSPS) is 33.6. The molecule has 1 fully saturated rings. The van der Waals surface area contributed by atoms with Crippen LogP contribution in [0.15, 0.2) is 0 Å². The molecule has 0 heterocycles. The first kappa shape index (κ1) is 12.9. The molecule has 1 rings (SSSR count). The predicted octanol–water partition coefficient (Wildman–Crippen LogP) is 2.02. The highest BCUT2D eigenvalue weighted by atomic mass is 16.7. The van der Waals surface area contributed by atoms with Crippen molar-refractivity contribution in [3.8, 4) is 0 Å². The summed E-state index contributed by atoms with van der Waals surface area (Å²) in [6.45, 7) is 6.78. The van der Waals surface area contributed by atoms with E-state index in [0.29, 0.717) is 6.04 Å². The second-order valence-electron chi connectivity index (χ2n) is 4.82. The third kappa shape index (κ3) is 3.16. The molecule has 0 spiro atoms. The fourth-order valence-corrected chi connectivity index (χ4v) is 2.52. The maximum absolute atomic E-state index is 5.25. The van der Waals surface area contributed by atoms with Gasteiger partial charge in [-0.05, 0) is 31.6 Å². The Hall–Kier alpha value is -0.120. The predicted molar refractivity (Wildman–Crippen MR) is 61.8 cm³/mol. The maximum Gasteiger partial charge on any atom is 0.171 e. The van der Waals surface area contributed by atoms with Crippen molar-refractivity contribution in [2.75, 3.05) is 14.2 Å². The van der Waals surface area contributed by atoms with E-state index in [1.165, 1.54) is 12.8 Å². The summed E-state index contributed by atoms with van der Waals surface area (Å²) in [5, 5.41) is 3.61. The van der Waals surface area contributed by atoms with Gasteiger partial charge in [0, 0.05) is 20.3 Å². The van der Waals surface area contributed by atoms with E-state index in [2.05, 4.69) is 26.1 Å². The number of nitrogens with one attached hydrogen (secondary N) is 1. The Labute approximate surface area is 93.5 Å². The lowest BCUT2D eigenvalue weighted by Gasteiger charge is -2.28. The topological polar surface area (TPSA) is 30.5 Å². The quantitative estimate of drug-likeness (QED) is 0.712. The zero-order valence-electron chi connectivity index (χ0n) is 10.6. The summed E-state index contributed by atoms with van der Waals surface area (Å²) in [7, 11) is 3.38. The summed E-state index contributed by atoms with van der Waals surface area (Å²) in [6, 6.07) is 0.862. The van der Waals surface area contributed by atoms with Gasteiger partial charge in [0.1, 0.15) is 0 Å². The van der Waals surface area contributed by atoms with Crippen molar-refractivity contribution in [2.24, 2.45) is 11.8 Å². The van der Waals surface area contributed by atoms with Crippen molar-refractivity contribution in [1.29, 1.82) is 0 Å². The molecule has 3 nitrogen and oxygen atoms in total. The van der Waals surface area contributed by atoms with E-state index in [4.69, 9.17) is 9.47 Å². The minimum absolute atomic E-state index is 0.145. The average molecular weight is 215 g/mol. The molecule has 1 N–H and O–H groups in total. The van der Waals surface area contributed by atoms with Gasteiger partial charge in [-0.1, -0.05) is 13.8 Å². The standard InChI is InChI=1S/C12H25NO2/c1-8-6-7-11(9(8)2)13-10(3)12(14-4)15-5/h8-13H,6-7H2,1-5H3. The fraction of sp³-hybridized carbons (Fsp3) is 1.00. The first-order valence-electron chi connectivity index (χ1n) is 5.91. The zero-order valence-corrected chi connectivity index (χ0v) is 10.6. The Morgan fingerprint density at radius 3 is 2.13 bits per heavy atom. The lowest BCUT2D eigenvalue weighted by Crippen LogP contribution is -2.46. The van der Waals surface area contributed by atoms with Crippen LogP contribution in [0, 0.1) is 11.8 Å². The molecule has 0 saturated heterocycles. The van der Waals surface area contributed by atoms with Crippen LogP contribution in [0.5, 0.6) is 0 Å². The van der Waals surface area contributed by atoms with Gasteiger partial charge in [0.2, 0.25) is 0 Å². The van der Waals surface area contributed by atoms with Gasteiger partial charge in [-0.25, -0.2) is 0 Å². The highest BCUT2D eigenvalue weighted by molar-refractivity contribution is 4.86. The number of ether oxygens (including phenoxy) is 2. The lowest BCUT2D eigenvalue weighted by molar-refractivity contribution is -0.121. The second kappa shape index (κ2) is 5.83. The van der Waals surface area contributed by atoms with Crippen LogP contribution in [0.4, 0.5) is 0 Å². The van der Waals surface area contributed by atoms with Crippen LogP contribution in [0.3, 0.4) is 0 Å². The molecule has 1 saturated carbocycles. The van der Waals surface area contributed by atoms with Gasteiger partial charge in [0.25, 0.3) is 0 Å². The maximum atomic E-state index is 5.25. The molecule has 0 radical (unpaired) electrons. The molecule has 1 aliphatic carbocycles. The molecule has 90 valence electrons. The Balaban J connectivity index is 2.40. The van der Waals surface area contributed by atoms with Gasteiger partial charge in [0.15, 0.2) is 6.29 Å². The van der Waals surface area contributed by atoms with Gasteiger partial charge in [-0.2, -0.15) is 0 Å². The number of hydrogen-bond acceptors (Lipinski definition) is 3. The Morgan fingerprint density at radius 2 is 1.73 bits per heavy atom. The van der Waals surface area contributed by atoms with Crippen molar-refractivity contribution >= 4 is 0 Å². The lowest BCUT2D eigenvalue weighted by atomic mass is 9.97. The van der Waals surface area contributed by atoms with Gasteiger partial charge >= 0.3 is 0 Å². The molecule has 4 atom stereocenters. The van der Waals surface area contributed by atoms with Gasteiger partial charge < -0.3 is 14.8 Å². The number of rotatable bonds is 5. The van der Waals surface area contributed by atoms with Gasteiger partial charge in [-0.3, -0.25) is 0 Å². The number of methoxy groups -OCH3 is 2. The molecule has 0 bridgehead atoms. The monoisotopic (exact) mass is 215 g/mol. The minimum atomic E-state index is -0.145. The molecule has 0 amide bonds. The average Bonchev–Trinajstić information content (AvgIpc) is 2.52. The summed E-state index contributed by atoms with van der Waals surface area (Å²) < 4.78 is 10.5. The van der Waals surface area contributed by atoms with Crippen LogP contribution < -0.4 is 5.32 Å². The molecule has 15 heavy (non-hydrogen) atoms. The molecule has 0 aromatic carbocycles. The Morgan fingerprint density at radius 1 is 1.13 bits per heavy atom. The summed E-state index contributed by atoms with van der Waals surface area (Å²) in [6.07, 6.45) is 2.45. The molecular weight excluding hydrogens is 190 g/mol. The third-order valence-corrected chi connectivity index (χ3v) is 3.82. The van der Waals surface area contributed by atoms with Crippen molar-refractivity contribution in [3.05, 3.63) is 0 Å². The zero-order chi connectivity index (χ0) is 11.4. The van der Waals surface area contributed by atoms with Crippen LogP contribution in [0.25, 0.3) is 0 Å². The molecule has 3 heteroatoms. The number of hydrogen-bond donors (Lipinski definition) is 1. The first-order valence-corrected chi connectivity index (χ1v) is 5.91. The van der Waals surface area contributed by atoms with Crippen molar-refractivity contribution in [3.63, 3.8) is 0 Å². The first-order chi connectivity index (χ1) is 7.10. The van der Waals surface area contributed by atoms with E-state index in [0.717, 1.165) is 11.8 Å². The van der Waals surface area contributed by atoms with E-state index < -0.39 is 0 Å². The van der Waals surface area contributed by atoms with Crippen molar-refractivity contribution in [2.45, 2.75) is 52.0 Å². The van der Waals surface area contributed by atoms with Crippen LogP contribution in [0.2, 0.25) is 0 Å². The van der Waals surface area contributed by atoms with E-state index in [1.807, 2.05) is 0 Å². The minimum Gasteiger partial charge on any atom is -0.354 e. The largest absolute Gasteiger partial charge is 0.354 e. The van der Waals surface area contributed by atoms with E-state index >= 15 is 0 Å². The van der Waals surface area contributed by atoms with Crippen molar-refractivity contribution < 1.29 is 9.47 Å². The summed E-state index contributed by atoms with van der Waals surface area (Å²) in [5.74, 6) is 1.58. The summed E-state index contributed by atoms with van der Waals surface area (Å²) in [4.78, 5) is 0. The summed E-state index contributed by atoms with van der Waals surface area (Å²) >= 11 is 0. The molecule has 4 unspecified atom stereocenters. The van der Waals surface area contributed by atoms with E-state index in [9.17, 15) is 0 Å². The van der Waals surface area contributed by atoms with Crippen LogP contribution in [-0.2, 0) is 9.47 Å². The fourth-order valence-electron chi connectivity index (χ4n) is 2.52. The smallest absolute Gasteiger partial charge is 0.171 e. The molecule has 0 aromatic rings. The van der Waals surface area contributed by atoms with Crippen LogP contribution >= 0.6 is 0 Å². The summed E-state index contributed by atoms with van der Waals surface area (Å²) in [5.41, 5.74) is 0. The second-order valence-corrected chi connectivity index (χ2v) is 4.82. The highest BCUT2D eigenvalue weighted by Crippen LogP contribution is 2.31. The van der Waals surface area contributed by atoms with Crippen molar-refractivity contribution in [1.82, 2.24) is 5.32 Å². The molecule has 0 aromatic heterocycles. The van der Waals surface area contributed by atoms with Crippen LogP contribution in [0.1, 0.15) is 33.6 Å². The Bertz CT molecular complexity index is 182. The highest BCUT2D eigenvalue weighted by Gasteiger charge is 2.31. The van der Waals surface area contributed by atoms with E-state index in [1.54, 1.807) is 14.2 Å².